The monoisotopic (exact) mass is 221 g/mol. The second-order valence-corrected chi connectivity index (χ2v) is 3.15. The molecular weight excluding hydrogens is 210 g/mol. The average molecular weight is 221 g/mol. The van der Waals surface area contributed by atoms with Gasteiger partial charge in [-0.1, -0.05) is 0 Å². The molecule has 0 saturated heterocycles. The van der Waals surface area contributed by atoms with Crippen molar-refractivity contribution in [3.8, 4) is 5.75 Å². The predicted molar refractivity (Wildman–Crippen MR) is 57.5 cm³/mol. The summed E-state index contributed by atoms with van der Waals surface area (Å²) >= 11 is 0. The lowest BCUT2D eigenvalue weighted by atomic mass is 10.2. The topological polar surface area (TPSA) is 78.9 Å². The highest BCUT2D eigenvalue weighted by Crippen LogP contribution is 2.22. The second-order valence-electron chi connectivity index (χ2n) is 3.15. The number of methoxy groups -OCH3 is 2. The summed E-state index contributed by atoms with van der Waals surface area (Å²) < 4.78 is 11.2. The fourth-order valence-electron chi connectivity index (χ4n) is 1.48. The second kappa shape index (κ2) is 3.73. The molecule has 2 aromatic heterocycles. The van der Waals surface area contributed by atoms with Crippen LogP contribution < -0.4 is 10.5 Å². The van der Waals surface area contributed by atoms with Crippen molar-refractivity contribution in [2.45, 2.75) is 0 Å². The standard InChI is InChI=1S/C10H11N3O3/c1-15-6-3-4-13-7(5-6)8(9(11)12-13)10(14)16-2/h3-5H,1-2H3,(H2,11,12). The molecule has 0 atom stereocenters. The first-order valence-electron chi connectivity index (χ1n) is 4.57. The fraction of sp³-hybridized carbons (Fsp3) is 0.200. The van der Waals surface area contributed by atoms with Gasteiger partial charge in [-0.15, -0.1) is 5.10 Å². The number of hydrogen-bond acceptors (Lipinski definition) is 5. The number of nitrogens with zero attached hydrogens (tertiary/aromatic N) is 2. The maximum Gasteiger partial charge on any atom is 0.343 e. The number of nitrogen functional groups attached to an aromatic ring is 1. The van der Waals surface area contributed by atoms with Crippen LogP contribution in [0.5, 0.6) is 5.75 Å². The number of aromatic nitrogens is 2. The third-order valence-corrected chi connectivity index (χ3v) is 2.26. The molecule has 0 unspecified atom stereocenters. The highest BCUT2D eigenvalue weighted by atomic mass is 16.5. The van der Waals surface area contributed by atoms with Crippen LogP contribution in [0.3, 0.4) is 0 Å². The Hall–Kier alpha value is -2.24. The van der Waals surface area contributed by atoms with Crippen molar-refractivity contribution in [3.63, 3.8) is 0 Å². The average Bonchev–Trinajstić information content (AvgIpc) is 2.63. The minimum atomic E-state index is -0.513. The first kappa shape index (κ1) is 10.3. The normalized spacial score (nSPS) is 10.4. The number of anilines is 1. The van der Waals surface area contributed by atoms with E-state index in [1.54, 1.807) is 25.4 Å². The summed E-state index contributed by atoms with van der Waals surface area (Å²) in [5, 5.41) is 4.00. The lowest BCUT2D eigenvalue weighted by Crippen LogP contribution is -2.03. The maximum atomic E-state index is 11.5. The number of carbonyl (C=O) groups excluding carboxylic acids is 1. The van der Waals surface area contributed by atoms with Crippen LogP contribution in [-0.2, 0) is 4.74 Å². The number of esters is 1. The van der Waals surface area contributed by atoms with Crippen LogP contribution in [0.15, 0.2) is 18.3 Å². The molecule has 0 aliphatic heterocycles. The van der Waals surface area contributed by atoms with Crippen molar-refractivity contribution in [2.24, 2.45) is 0 Å². The van der Waals surface area contributed by atoms with E-state index in [0.717, 1.165) is 0 Å². The molecule has 0 fully saturated rings. The SMILES string of the molecule is COC(=O)c1c(N)nn2ccc(OC)cc12. The molecule has 0 radical (unpaired) electrons. The molecule has 0 aliphatic rings. The minimum absolute atomic E-state index is 0.139. The van der Waals surface area contributed by atoms with Crippen LogP contribution in [0.1, 0.15) is 10.4 Å². The summed E-state index contributed by atoms with van der Waals surface area (Å²) in [6.45, 7) is 0. The van der Waals surface area contributed by atoms with Gasteiger partial charge in [-0.25, -0.2) is 9.31 Å². The zero-order chi connectivity index (χ0) is 11.7. The van der Waals surface area contributed by atoms with Gasteiger partial charge in [-0.05, 0) is 6.07 Å². The smallest absolute Gasteiger partial charge is 0.343 e. The molecule has 16 heavy (non-hydrogen) atoms. The third-order valence-electron chi connectivity index (χ3n) is 2.26. The van der Waals surface area contributed by atoms with E-state index in [9.17, 15) is 4.79 Å². The lowest BCUT2D eigenvalue weighted by Gasteiger charge is -2.01. The van der Waals surface area contributed by atoms with Gasteiger partial charge >= 0.3 is 5.97 Å². The Labute approximate surface area is 91.6 Å². The van der Waals surface area contributed by atoms with Crippen molar-refractivity contribution in [1.82, 2.24) is 9.61 Å². The van der Waals surface area contributed by atoms with Gasteiger partial charge in [0, 0.05) is 12.3 Å². The quantitative estimate of drug-likeness (QED) is 0.755. The Morgan fingerprint density at radius 2 is 2.25 bits per heavy atom. The van der Waals surface area contributed by atoms with E-state index in [1.165, 1.54) is 11.6 Å². The molecule has 2 aromatic rings. The summed E-state index contributed by atoms with van der Waals surface area (Å²) in [4.78, 5) is 11.5. The van der Waals surface area contributed by atoms with Gasteiger partial charge in [0.25, 0.3) is 0 Å². The molecule has 0 saturated carbocycles. The van der Waals surface area contributed by atoms with E-state index in [4.69, 9.17) is 10.5 Å². The van der Waals surface area contributed by atoms with Crippen molar-refractivity contribution in [2.75, 3.05) is 20.0 Å². The molecule has 0 spiro atoms. The van der Waals surface area contributed by atoms with Gasteiger partial charge in [-0.2, -0.15) is 0 Å². The number of hydrogen-bond donors (Lipinski definition) is 1. The molecule has 0 amide bonds. The van der Waals surface area contributed by atoms with E-state index in [2.05, 4.69) is 9.84 Å². The summed E-state index contributed by atoms with van der Waals surface area (Å²) in [6, 6.07) is 3.40. The number of fused-ring (bicyclic) bond motifs is 1. The molecule has 0 aromatic carbocycles. The van der Waals surface area contributed by atoms with Gasteiger partial charge in [0.1, 0.15) is 11.3 Å². The predicted octanol–water partition coefficient (Wildman–Crippen LogP) is 0.712. The van der Waals surface area contributed by atoms with Crippen molar-refractivity contribution >= 4 is 17.3 Å². The molecule has 2 rings (SSSR count). The first-order chi connectivity index (χ1) is 7.67. The zero-order valence-electron chi connectivity index (χ0n) is 8.93. The molecule has 6 heteroatoms. The Morgan fingerprint density at radius 3 is 2.88 bits per heavy atom. The summed E-state index contributed by atoms with van der Waals surface area (Å²) in [5.41, 5.74) is 6.46. The number of carbonyl (C=O) groups is 1. The van der Waals surface area contributed by atoms with Gasteiger partial charge in [-0.3, -0.25) is 0 Å². The molecule has 84 valence electrons. The number of ether oxygens (including phenoxy) is 2. The van der Waals surface area contributed by atoms with E-state index >= 15 is 0 Å². The van der Waals surface area contributed by atoms with Gasteiger partial charge in [0.15, 0.2) is 5.82 Å². The highest BCUT2D eigenvalue weighted by molar-refractivity contribution is 6.01. The van der Waals surface area contributed by atoms with E-state index in [0.29, 0.717) is 11.3 Å². The van der Waals surface area contributed by atoms with Gasteiger partial charge in [0.05, 0.1) is 19.7 Å². The molecule has 0 bridgehead atoms. The number of pyridine rings is 1. The van der Waals surface area contributed by atoms with Crippen LogP contribution in [0.25, 0.3) is 5.52 Å². The van der Waals surface area contributed by atoms with Crippen LogP contribution in [0.2, 0.25) is 0 Å². The molecular formula is C10H11N3O3. The van der Waals surface area contributed by atoms with E-state index in [-0.39, 0.29) is 11.4 Å². The maximum absolute atomic E-state index is 11.5. The van der Waals surface area contributed by atoms with Crippen LogP contribution in [-0.4, -0.2) is 29.8 Å². The molecule has 2 N–H and O–H groups in total. The van der Waals surface area contributed by atoms with Crippen LogP contribution in [0, 0.1) is 0 Å². The Balaban J connectivity index is 2.70. The number of nitrogens with two attached hydrogens (primary N) is 1. The Kier molecular flexibility index (Phi) is 2.40. The molecule has 2 heterocycles. The lowest BCUT2D eigenvalue weighted by molar-refractivity contribution is 0.0604. The summed E-state index contributed by atoms with van der Waals surface area (Å²) in [5.74, 6) is 0.249. The molecule has 0 aliphatic carbocycles. The Bertz CT molecular complexity index is 547. The van der Waals surface area contributed by atoms with Gasteiger partial charge in [0.2, 0.25) is 0 Å². The largest absolute Gasteiger partial charge is 0.497 e. The fourth-order valence-corrected chi connectivity index (χ4v) is 1.48. The summed E-state index contributed by atoms with van der Waals surface area (Å²) in [7, 11) is 2.84. The highest BCUT2D eigenvalue weighted by Gasteiger charge is 2.18. The van der Waals surface area contributed by atoms with Crippen molar-refractivity contribution in [1.29, 1.82) is 0 Å². The molecule has 6 nitrogen and oxygen atoms in total. The van der Waals surface area contributed by atoms with Crippen LogP contribution in [0.4, 0.5) is 5.82 Å². The Morgan fingerprint density at radius 1 is 1.50 bits per heavy atom. The number of rotatable bonds is 2. The summed E-state index contributed by atoms with van der Waals surface area (Å²) in [6.07, 6.45) is 1.66. The zero-order valence-corrected chi connectivity index (χ0v) is 8.93. The van der Waals surface area contributed by atoms with Crippen molar-refractivity contribution < 1.29 is 14.3 Å². The van der Waals surface area contributed by atoms with E-state index < -0.39 is 5.97 Å². The van der Waals surface area contributed by atoms with Gasteiger partial charge < -0.3 is 15.2 Å². The van der Waals surface area contributed by atoms with E-state index in [1.807, 2.05) is 0 Å². The first-order valence-corrected chi connectivity index (χ1v) is 4.57. The van der Waals surface area contributed by atoms with Crippen molar-refractivity contribution in [3.05, 3.63) is 23.9 Å². The third kappa shape index (κ3) is 1.44. The van der Waals surface area contributed by atoms with Crippen LogP contribution >= 0.6 is 0 Å². The minimum Gasteiger partial charge on any atom is -0.497 e.